The number of para-hydroxylation sites is 1. The number of anilines is 1. The topological polar surface area (TPSA) is 94.7 Å². The van der Waals surface area contributed by atoms with Crippen molar-refractivity contribution in [2.24, 2.45) is 0 Å². The first-order valence-electron chi connectivity index (χ1n) is 7.71. The van der Waals surface area contributed by atoms with E-state index >= 15 is 0 Å². The molecule has 0 fully saturated rings. The highest BCUT2D eigenvalue weighted by Gasteiger charge is 2.10. The molecule has 0 atom stereocenters. The van der Waals surface area contributed by atoms with Gasteiger partial charge in [0, 0.05) is 4.90 Å². The lowest BCUT2D eigenvalue weighted by Gasteiger charge is -2.05. The van der Waals surface area contributed by atoms with Crippen LogP contribution in [0.4, 0.5) is 5.95 Å². The number of phenolic OH excluding ortho intramolecular Hbond substituents is 1. The number of benzene rings is 2. The SMILES string of the molecule is CSc1ccc(/C=C/c2nc(NC#N)nc(-c3ccccc3O)n2)cc1. The van der Waals surface area contributed by atoms with Gasteiger partial charge in [-0.15, -0.1) is 11.8 Å². The molecule has 0 aliphatic carbocycles. The standard InChI is InChI=1S/C19H15N5OS/c1-26-14-9-6-13(7-10-14)8-11-17-22-18(24-19(23-17)21-12-20)15-4-2-3-5-16(15)25/h2-11,25H,1H3,(H,21,22,23,24)/b11-8+. The summed E-state index contributed by atoms with van der Waals surface area (Å²) in [6.07, 6.45) is 7.44. The van der Waals surface area contributed by atoms with Gasteiger partial charge in [-0.25, -0.2) is 4.98 Å². The summed E-state index contributed by atoms with van der Waals surface area (Å²) in [4.78, 5) is 13.9. The maximum atomic E-state index is 10.0. The molecule has 0 spiro atoms. The van der Waals surface area contributed by atoms with E-state index in [1.54, 1.807) is 48.3 Å². The molecule has 0 unspecified atom stereocenters. The van der Waals surface area contributed by atoms with Crippen LogP contribution in [0.1, 0.15) is 11.4 Å². The fraction of sp³-hybridized carbons (Fsp3) is 0.0526. The molecule has 7 heteroatoms. The number of aromatic nitrogens is 3. The average Bonchev–Trinajstić information content (AvgIpc) is 2.67. The molecule has 0 radical (unpaired) electrons. The number of nitrogens with zero attached hydrogens (tertiary/aromatic N) is 4. The quantitative estimate of drug-likeness (QED) is 0.402. The maximum Gasteiger partial charge on any atom is 0.240 e. The minimum atomic E-state index is 0.0594. The average molecular weight is 361 g/mol. The minimum Gasteiger partial charge on any atom is -0.507 e. The normalized spacial score (nSPS) is 10.6. The van der Waals surface area contributed by atoms with E-state index in [0.717, 1.165) is 5.56 Å². The van der Waals surface area contributed by atoms with Gasteiger partial charge in [-0.05, 0) is 42.2 Å². The smallest absolute Gasteiger partial charge is 0.240 e. The Morgan fingerprint density at radius 1 is 1.04 bits per heavy atom. The van der Waals surface area contributed by atoms with Crippen LogP contribution in [0.25, 0.3) is 23.5 Å². The number of rotatable bonds is 5. The van der Waals surface area contributed by atoms with E-state index in [4.69, 9.17) is 5.26 Å². The van der Waals surface area contributed by atoms with E-state index in [-0.39, 0.29) is 17.5 Å². The Bertz CT molecular complexity index is 980. The van der Waals surface area contributed by atoms with E-state index < -0.39 is 0 Å². The lowest BCUT2D eigenvalue weighted by molar-refractivity contribution is 0.477. The Labute approximate surface area is 155 Å². The highest BCUT2D eigenvalue weighted by atomic mass is 32.2. The van der Waals surface area contributed by atoms with E-state index in [1.165, 1.54) is 4.90 Å². The lowest BCUT2D eigenvalue weighted by Crippen LogP contribution is -2.02. The van der Waals surface area contributed by atoms with Gasteiger partial charge in [0.05, 0.1) is 5.56 Å². The Balaban J connectivity index is 1.96. The van der Waals surface area contributed by atoms with E-state index in [0.29, 0.717) is 11.4 Å². The third-order valence-corrected chi connectivity index (χ3v) is 4.25. The van der Waals surface area contributed by atoms with Crippen molar-refractivity contribution in [3.8, 4) is 23.3 Å². The van der Waals surface area contributed by atoms with Gasteiger partial charge in [0.15, 0.2) is 17.8 Å². The van der Waals surface area contributed by atoms with Crippen molar-refractivity contribution in [3.63, 3.8) is 0 Å². The molecule has 0 saturated carbocycles. The van der Waals surface area contributed by atoms with E-state index in [2.05, 4.69) is 20.3 Å². The van der Waals surface area contributed by atoms with Crippen LogP contribution in [-0.4, -0.2) is 26.3 Å². The van der Waals surface area contributed by atoms with E-state index in [1.807, 2.05) is 36.6 Å². The second-order valence-corrected chi connectivity index (χ2v) is 6.08. The monoisotopic (exact) mass is 361 g/mol. The summed E-state index contributed by atoms with van der Waals surface area (Å²) >= 11 is 1.68. The molecule has 128 valence electrons. The maximum absolute atomic E-state index is 10.0. The molecule has 1 heterocycles. The predicted octanol–water partition coefficient (Wildman–Crippen LogP) is 4.03. The number of hydrogen-bond acceptors (Lipinski definition) is 7. The van der Waals surface area contributed by atoms with Gasteiger partial charge in [-0.2, -0.15) is 15.2 Å². The van der Waals surface area contributed by atoms with Gasteiger partial charge < -0.3 is 5.11 Å². The van der Waals surface area contributed by atoms with Gasteiger partial charge >= 0.3 is 0 Å². The fourth-order valence-electron chi connectivity index (χ4n) is 2.24. The van der Waals surface area contributed by atoms with Crippen molar-refractivity contribution in [2.45, 2.75) is 4.90 Å². The van der Waals surface area contributed by atoms with Crippen LogP contribution >= 0.6 is 11.8 Å². The van der Waals surface area contributed by atoms with Gasteiger partial charge in [0.25, 0.3) is 0 Å². The number of thioether (sulfide) groups is 1. The van der Waals surface area contributed by atoms with Crippen molar-refractivity contribution < 1.29 is 5.11 Å². The second kappa shape index (κ2) is 8.14. The minimum absolute atomic E-state index is 0.0594. The molecule has 3 rings (SSSR count). The van der Waals surface area contributed by atoms with Crippen molar-refractivity contribution in [2.75, 3.05) is 11.6 Å². The summed E-state index contributed by atoms with van der Waals surface area (Å²) in [6.45, 7) is 0. The second-order valence-electron chi connectivity index (χ2n) is 5.20. The number of phenols is 1. The first kappa shape index (κ1) is 17.5. The zero-order chi connectivity index (χ0) is 18.4. The fourth-order valence-corrected chi connectivity index (χ4v) is 2.65. The predicted molar refractivity (Wildman–Crippen MR) is 103 cm³/mol. The van der Waals surface area contributed by atoms with Crippen LogP contribution in [-0.2, 0) is 0 Å². The third-order valence-electron chi connectivity index (χ3n) is 3.51. The largest absolute Gasteiger partial charge is 0.507 e. The van der Waals surface area contributed by atoms with Gasteiger partial charge in [0.1, 0.15) is 5.75 Å². The summed E-state index contributed by atoms with van der Waals surface area (Å²) in [5, 5.41) is 21.3. The van der Waals surface area contributed by atoms with Crippen molar-refractivity contribution in [1.82, 2.24) is 15.0 Å². The summed E-state index contributed by atoms with van der Waals surface area (Å²) in [5.74, 6) is 0.848. The van der Waals surface area contributed by atoms with Crippen molar-refractivity contribution in [3.05, 3.63) is 59.9 Å². The summed E-state index contributed by atoms with van der Waals surface area (Å²) in [7, 11) is 0. The molecule has 1 aromatic heterocycles. The van der Waals surface area contributed by atoms with Crippen LogP contribution < -0.4 is 5.32 Å². The Hall–Kier alpha value is -3.37. The first-order valence-corrected chi connectivity index (χ1v) is 8.94. The third kappa shape index (κ3) is 4.18. The Kier molecular flexibility index (Phi) is 5.46. The van der Waals surface area contributed by atoms with Crippen LogP contribution in [0.15, 0.2) is 53.4 Å². The van der Waals surface area contributed by atoms with Crippen LogP contribution in [0.2, 0.25) is 0 Å². The number of nitriles is 1. The molecule has 0 saturated heterocycles. The highest BCUT2D eigenvalue weighted by Crippen LogP contribution is 2.26. The van der Waals surface area contributed by atoms with Gasteiger partial charge in [-0.1, -0.05) is 30.3 Å². The molecular weight excluding hydrogens is 346 g/mol. The zero-order valence-corrected chi connectivity index (χ0v) is 14.7. The number of nitrogens with one attached hydrogen (secondary N) is 1. The Morgan fingerprint density at radius 3 is 2.50 bits per heavy atom. The molecular formula is C19H15N5OS. The molecule has 0 aliphatic rings. The van der Waals surface area contributed by atoms with Crippen molar-refractivity contribution in [1.29, 1.82) is 5.26 Å². The number of hydrogen-bond donors (Lipinski definition) is 2. The molecule has 26 heavy (non-hydrogen) atoms. The summed E-state index contributed by atoms with van der Waals surface area (Å²) < 4.78 is 0. The lowest BCUT2D eigenvalue weighted by atomic mass is 10.2. The summed E-state index contributed by atoms with van der Waals surface area (Å²) in [5.41, 5.74) is 1.47. The van der Waals surface area contributed by atoms with Gasteiger partial charge in [0.2, 0.25) is 5.95 Å². The first-order chi connectivity index (χ1) is 12.7. The van der Waals surface area contributed by atoms with Crippen LogP contribution in [0.3, 0.4) is 0 Å². The highest BCUT2D eigenvalue weighted by molar-refractivity contribution is 7.98. The van der Waals surface area contributed by atoms with Gasteiger partial charge in [-0.3, -0.25) is 5.32 Å². The molecule has 2 N–H and O–H groups in total. The van der Waals surface area contributed by atoms with Crippen molar-refractivity contribution >= 4 is 29.9 Å². The van der Waals surface area contributed by atoms with E-state index in [9.17, 15) is 5.11 Å². The zero-order valence-electron chi connectivity index (χ0n) is 13.9. The molecule has 2 aromatic carbocycles. The summed E-state index contributed by atoms with van der Waals surface area (Å²) in [6, 6.07) is 14.8. The van der Waals surface area contributed by atoms with Crippen LogP contribution in [0, 0.1) is 11.5 Å². The Morgan fingerprint density at radius 2 is 1.81 bits per heavy atom. The molecule has 3 aromatic rings. The number of aromatic hydroxyl groups is 1. The molecule has 0 amide bonds. The molecule has 0 aliphatic heterocycles. The molecule has 6 nitrogen and oxygen atoms in total. The van der Waals surface area contributed by atoms with Crippen LogP contribution in [0.5, 0.6) is 5.75 Å². The molecule has 0 bridgehead atoms.